The van der Waals surface area contributed by atoms with Gasteiger partial charge in [-0.05, 0) is 16.8 Å². The third-order valence-electron chi connectivity index (χ3n) is 2.27. The number of phenolic OH excluding ortho intramolecular Hbond substituents is 1. The lowest BCUT2D eigenvalue weighted by Crippen LogP contribution is -2.47. The Bertz CT molecular complexity index is 437. The Kier molecular flexibility index (Phi) is 1.91. The van der Waals surface area contributed by atoms with Crippen LogP contribution in [0.5, 0.6) is 5.75 Å². The first-order valence-electron chi connectivity index (χ1n) is 4.32. The van der Waals surface area contributed by atoms with Gasteiger partial charge in [0.15, 0.2) is 0 Å². The molecule has 0 amide bonds. The molecule has 4 N–H and O–H groups in total. The smallest absolute Gasteiger partial charge is 0.125 e. The Morgan fingerprint density at radius 2 is 1.85 bits per heavy atom. The maximum Gasteiger partial charge on any atom is 0.125 e. The fourth-order valence-electron chi connectivity index (χ4n) is 1.59. The Morgan fingerprint density at radius 3 is 2.62 bits per heavy atom. The van der Waals surface area contributed by atoms with Crippen molar-refractivity contribution >= 4 is 10.8 Å². The lowest BCUT2D eigenvalue weighted by atomic mass is 10.0. The van der Waals surface area contributed by atoms with Gasteiger partial charge in [-0.3, -0.25) is 0 Å². The zero-order chi connectivity index (χ0) is 9.26. The van der Waals surface area contributed by atoms with E-state index in [-0.39, 0.29) is 0 Å². The Labute approximate surface area is 76.6 Å². The standard InChI is InChI=1S/C11H11NO/c12-7-10-9-4-2-1-3-8(9)5-6-11(10)13/h1-6,13H,7,12H2/p+1. The maximum atomic E-state index is 9.57. The summed E-state index contributed by atoms with van der Waals surface area (Å²) in [7, 11) is 0. The largest absolute Gasteiger partial charge is 0.507 e. The summed E-state index contributed by atoms with van der Waals surface area (Å²) < 4.78 is 0. The number of aromatic hydroxyl groups is 1. The molecule has 0 spiro atoms. The molecule has 0 bridgehead atoms. The minimum Gasteiger partial charge on any atom is -0.507 e. The molecular weight excluding hydrogens is 162 g/mol. The number of hydrogen-bond donors (Lipinski definition) is 2. The second-order valence-electron chi connectivity index (χ2n) is 3.03. The number of phenols is 1. The Hall–Kier alpha value is -1.54. The van der Waals surface area contributed by atoms with Gasteiger partial charge in [0, 0.05) is 0 Å². The molecule has 66 valence electrons. The SMILES string of the molecule is [NH3+]Cc1c(O)ccc2ccccc12. The van der Waals surface area contributed by atoms with Gasteiger partial charge in [0.05, 0.1) is 5.56 Å². The van der Waals surface area contributed by atoms with E-state index in [9.17, 15) is 5.11 Å². The fourth-order valence-corrected chi connectivity index (χ4v) is 1.59. The minimum atomic E-state index is 0.341. The number of fused-ring (bicyclic) bond motifs is 1. The van der Waals surface area contributed by atoms with Crippen LogP contribution in [0.15, 0.2) is 36.4 Å². The number of quaternary nitrogens is 1. The summed E-state index contributed by atoms with van der Waals surface area (Å²) in [5.74, 6) is 0.341. The van der Waals surface area contributed by atoms with Gasteiger partial charge in [-0.1, -0.05) is 30.3 Å². The van der Waals surface area contributed by atoms with Crippen molar-refractivity contribution in [3.05, 3.63) is 42.0 Å². The predicted molar refractivity (Wildman–Crippen MR) is 52.2 cm³/mol. The molecule has 2 aromatic carbocycles. The molecule has 0 saturated heterocycles. The maximum absolute atomic E-state index is 9.57. The second kappa shape index (κ2) is 3.07. The van der Waals surface area contributed by atoms with Crippen LogP contribution in [-0.2, 0) is 6.54 Å². The van der Waals surface area contributed by atoms with Gasteiger partial charge in [-0.25, -0.2) is 0 Å². The minimum absolute atomic E-state index is 0.341. The average Bonchev–Trinajstić information content (AvgIpc) is 2.18. The van der Waals surface area contributed by atoms with Gasteiger partial charge in [0.25, 0.3) is 0 Å². The summed E-state index contributed by atoms with van der Waals surface area (Å²) in [6.07, 6.45) is 0. The average molecular weight is 174 g/mol. The van der Waals surface area contributed by atoms with E-state index in [4.69, 9.17) is 0 Å². The van der Waals surface area contributed by atoms with Crippen molar-refractivity contribution < 1.29 is 10.8 Å². The third kappa shape index (κ3) is 1.25. The zero-order valence-corrected chi connectivity index (χ0v) is 7.33. The summed E-state index contributed by atoms with van der Waals surface area (Å²) in [4.78, 5) is 0. The lowest BCUT2D eigenvalue weighted by molar-refractivity contribution is -0.386. The van der Waals surface area contributed by atoms with Crippen LogP contribution in [0.3, 0.4) is 0 Å². The molecular formula is C11H12NO+. The highest BCUT2D eigenvalue weighted by atomic mass is 16.3. The number of rotatable bonds is 1. The first-order valence-corrected chi connectivity index (χ1v) is 4.32. The molecule has 0 atom stereocenters. The normalized spacial score (nSPS) is 10.5. The highest BCUT2D eigenvalue weighted by Gasteiger charge is 2.05. The Balaban J connectivity index is 2.84. The molecule has 0 unspecified atom stereocenters. The molecule has 0 heterocycles. The number of hydrogen-bond acceptors (Lipinski definition) is 1. The first-order chi connectivity index (χ1) is 6.33. The summed E-state index contributed by atoms with van der Waals surface area (Å²) in [6, 6.07) is 11.7. The van der Waals surface area contributed by atoms with Gasteiger partial charge in [-0.15, -0.1) is 0 Å². The summed E-state index contributed by atoms with van der Waals surface area (Å²) in [6.45, 7) is 0.618. The van der Waals surface area contributed by atoms with Crippen LogP contribution in [-0.4, -0.2) is 5.11 Å². The molecule has 13 heavy (non-hydrogen) atoms. The molecule has 0 aliphatic rings. The molecule has 0 aliphatic carbocycles. The van der Waals surface area contributed by atoms with E-state index in [1.807, 2.05) is 30.3 Å². The predicted octanol–water partition coefficient (Wildman–Crippen LogP) is 1.29. The van der Waals surface area contributed by atoms with Crippen LogP contribution in [0, 0.1) is 0 Å². The molecule has 2 heteroatoms. The highest BCUT2D eigenvalue weighted by molar-refractivity contribution is 5.87. The van der Waals surface area contributed by atoms with E-state index < -0.39 is 0 Å². The lowest BCUT2D eigenvalue weighted by Gasteiger charge is -2.04. The van der Waals surface area contributed by atoms with Gasteiger partial charge in [0.1, 0.15) is 12.3 Å². The summed E-state index contributed by atoms with van der Waals surface area (Å²) in [5.41, 5.74) is 4.74. The van der Waals surface area contributed by atoms with Gasteiger partial charge >= 0.3 is 0 Å². The van der Waals surface area contributed by atoms with Gasteiger partial charge < -0.3 is 10.8 Å². The highest BCUT2D eigenvalue weighted by Crippen LogP contribution is 2.25. The van der Waals surface area contributed by atoms with Crippen molar-refractivity contribution in [1.82, 2.24) is 0 Å². The van der Waals surface area contributed by atoms with Crippen molar-refractivity contribution in [3.8, 4) is 5.75 Å². The fraction of sp³-hybridized carbons (Fsp3) is 0.0909. The molecule has 2 aromatic rings. The van der Waals surface area contributed by atoms with Crippen LogP contribution >= 0.6 is 0 Å². The van der Waals surface area contributed by atoms with Crippen LogP contribution < -0.4 is 5.73 Å². The van der Waals surface area contributed by atoms with Gasteiger partial charge in [-0.2, -0.15) is 0 Å². The van der Waals surface area contributed by atoms with Crippen molar-refractivity contribution in [2.75, 3.05) is 0 Å². The van der Waals surface area contributed by atoms with E-state index in [0.717, 1.165) is 16.3 Å². The van der Waals surface area contributed by atoms with Gasteiger partial charge in [0.2, 0.25) is 0 Å². The van der Waals surface area contributed by atoms with E-state index in [0.29, 0.717) is 12.3 Å². The monoisotopic (exact) mass is 174 g/mol. The first kappa shape index (κ1) is 8.08. The summed E-state index contributed by atoms with van der Waals surface area (Å²) >= 11 is 0. The molecule has 2 nitrogen and oxygen atoms in total. The van der Waals surface area contributed by atoms with E-state index in [1.165, 1.54) is 0 Å². The van der Waals surface area contributed by atoms with E-state index >= 15 is 0 Å². The van der Waals surface area contributed by atoms with Crippen LogP contribution in [0.4, 0.5) is 0 Å². The molecule has 0 fully saturated rings. The molecule has 0 saturated carbocycles. The quantitative estimate of drug-likeness (QED) is 0.672. The van der Waals surface area contributed by atoms with Crippen LogP contribution in [0.1, 0.15) is 5.56 Å². The zero-order valence-electron chi connectivity index (χ0n) is 7.33. The van der Waals surface area contributed by atoms with E-state index in [1.54, 1.807) is 6.07 Å². The molecule has 0 radical (unpaired) electrons. The topological polar surface area (TPSA) is 47.9 Å². The Morgan fingerprint density at radius 1 is 1.08 bits per heavy atom. The number of benzene rings is 2. The molecule has 0 aliphatic heterocycles. The molecule has 2 rings (SSSR count). The molecule has 0 aromatic heterocycles. The van der Waals surface area contributed by atoms with Crippen molar-refractivity contribution in [3.63, 3.8) is 0 Å². The third-order valence-corrected chi connectivity index (χ3v) is 2.27. The van der Waals surface area contributed by atoms with Crippen molar-refractivity contribution in [2.45, 2.75) is 6.54 Å². The second-order valence-corrected chi connectivity index (χ2v) is 3.03. The van der Waals surface area contributed by atoms with Crippen molar-refractivity contribution in [1.29, 1.82) is 0 Å². The van der Waals surface area contributed by atoms with Crippen LogP contribution in [0.25, 0.3) is 10.8 Å². The van der Waals surface area contributed by atoms with E-state index in [2.05, 4.69) is 5.73 Å². The van der Waals surface area contributed by atoms with Crippen molar-refractivity contribution in [2.24, 2.45) is 0 Å². The van der Waals surface area contributed by atoms with Crippen LogP contribution in [0.2, 0.25) is 0 Å². The summed E-state index contributed by atoms with van der Waals surface area (Å²) in [5, 5.41) is 11.8.